The van der Waals surface area contributed by atoms with Crippen molar-refractivity contribution in [2.75, 3.05) is 0 Å². The van der Waals surface area contributed by atoms with Crippen LogP contribution in [0.1, 0.15) is 15.9 Å². The molecule has 0 aliphatic heterocycles. The molecule has 0 bridgehead atoms. The minimum atomic E-state index is -0.651. The summed E-state index contributed by atoms with van der Waals surface area (Å²) in [7, 11) is 0. The first-order chi connectivity index (χ1) is 8.90. The molecule has 1 nitrogen and oxygen atoms in total. The van der Waals surface area contributed by atoms with E-state index in [1.165, 1.54) is 24.3 Å². The van der Waals surface area contributed by atoms with Gasteiger partial charge >= 0.3 is 0 Å². The Bertz CT molecular complexity index is 650. The van der Waals surface area contributed by atoms with Crippen molar-refractivity contribution in [3.63, 3.8) is 0 Å². The lowest BCUT2D eigenvalue weighted by Crippen LogP contribution is -2.06. The molecular weight excluding hydrogens is 377 g/mol. The lowest BCUT2D eigenvalue weighted by Gasteiger charge is -2.08. The number of hydrogen-bond donors (Lipinski definition) is 0. The fourth-order valence-corrected chi connectivity index (χ4v) is 2.89. The Hall–Kier alpha value is -0.610. The van der Waals surface area contributed by atoms with Crippen molar-refractivity contribution in [1.82, 2.24) is 0 Å². The van der Waals surface area contributed by atoms with E-state index in [2.05, 4.69) is 15.9 Å². The van der Waals surface area contributed by atoms with Crippen molar-refractivity contribution in [1.29, 1.82) is 0 Å². The SMILES string of the molecule is O=C(c1ccc(Br)cc1F)c1c(Cl)cc(Cl)cc1Cl. The topological polar surface area (TPSA) is 17.1 Å². The molecule has 0 aromatic heterocycles. The van der Waals surface area contributed by atoms with Crippen LogP contribution >= 0.6 is 50.7 Å². The summed E-state index contributed by atoms with van der Waals surface area (Å²) in [6, 6.07) is 6.90. The Morgan fingerprint density at radius 2 is 1.63 bits per heavy atom. The zero-order chi connectivity index (χ0) is 14.2. The van der Waals surface area contributed by atoms with E-state index in [4.69, 9.17) is 34.8 Å². The Kier molecular flexibility index (Phi) is 4.51. The number of hydrogen-bond acceptors (Lipinski definition) is 1. The average Bonchev–Trinajstić information content (AvgIpc) is 2.26. The summed E-state index contributed by atoms with van der Waals surface area (Å²) >= 11 is 20.8. The standard InChI is InChI=1S/C13H5BrCl3FO/c14-6-1-2-8(11(18)3-6)13(19)12-9(16)4-7(15)5-10(12)17/h1-5H. The summed E-state index contributed by atoms with van der Waals surface area (Å²) in [6.45, 7) is 0. The normalized spacial score (nSPS) is 10.6. The number of rotatable bonds is 2. The third-order valence-electron chi connectivity index (χ3n) is 2.41. The van der Waals surface area contributed by atoms with Gasteiger partial charge in [0.2, 0.25) is 0 Å². The molecule has 0 amide bonds. The van der Waals surface area contributed by atoms with E-state index in [0.717, 1.165) is 0 Å². The van der Waals surface area contributed by atoms with E-state index in [1.807, 2.05) is 0 Å². The fraction of sp³-hybridized carbons (Fsp3) is 0. The van der Waals surface area contributed by atoms with Crippen LogP contribution in [0.4, 0.5) is 4.39 Å². The first-order valence-electron chi connectivity index (χ1n) is 5.04. The summed E-state index contributed by atoms with van der Waals surface area (Å²) in [4.78, 5) is 12.3. The van der Waals surface area contributed by atoms with Crippen LogP contribution in [0.2, 0.25) is 15.1 Å². The van der Waals surface area contributed by atoms with Gasteiger partial charge in [-0.2, -0.15) is 0 Å². The van der Waals surface area contributed by atoms with Crippen molar-refractivity contribution in [3.05, 3.63) is 66.8 Å². The van der Waals surface area contributed by atoms with Crippen LogP contribution in [-0.2, 0) is 0 Å². The predicted octanol–water partition coefficient (Wildman–Crippen LogP) is 5.78. The van der Waals surface area contributed by atoms with E-state index >= 15 is 0 Å². The van der Waals surface area contributed by atoms with E-state index in [0.29, 0.717) is 9.50 Å². The van der Waals surface area contributed by atoms with Gasteiger partial charge in [0.1, 0.15) is 5.82 Å². The third kappa shape index (κ3) is 3.11. The lowest BCUT2D eigenvalue weighted by molar-refractivity contribution is 0.103. The van der Waals surface area contributed by atoms with Crippen LogP contribution in [0.5, 0.6) is 0 Å². The molecule has 19 heavy (non-hydrogen) atoms. The highest BCUT2D eigenvalue weighted by Crippen LogP contribution is 2.31. The predicted molar refractivity (Wildman–Crippen MR) is 79.0 cm³/mol. The van der Waals surface area contributed by atoms with Crippen LogP contribution in [0, 0.1) is 5.82 Å². The molecule has 0 N–H and O–H groups in total. The Labute approximate surface area is 132 Å². The lowest BCUT2D eigenvalue weighted by atomic mass is 10.0. The number of carbonyl (C=O) groups is 1. The van der Waals surface area contributed by atoms with E-state index in [1.54, 1.807) is 6.07 Å². The molecule has 0 atom stereocenters. The molecule has 0 spiro atoms. The van der Waals surface area contributed by atoms with Gasteiger partial charge in [0.15, 0.2) is 5.78 Å². The summed E-state index contributed by atoms with van der Waals surface area (Å²) in [5.41, 5.74) is -0.0664. The van der Waals surface area contributed by atoms with E-state index < -0.39 is 11.6 Å². The molecule has 2 aromatic carbocycles. The van der Waals surface area contributed by atoms with Crippen molar-refractivity contribution in [2.45, 2.75) is 0 Å². The van der Waals surface area contributed by atoms with Crippen molar-refractivity contribution >= 4 is 56.5 Å². The number of ketones is 1. The summed E-state index contributed by atoms with van der Waals surface area (Å²) in [5, 5.41) is 0.484. The van der Waals surface area contributed by atoms with Gasteiger partial charge in [-0.25, -0.2) is 4.39 Å². The van der Waals surface area contributed by atoms with Crippen molar-refractivity contribution in [2.24, 2.45) is 0 Å². The highest BCUT2D eigenvalue weighted by atomic mass is 79.9. The summed E-state index contributed by atoms with van der Waals surface area (Å²) in [5.74, 6) is -1.24. The number of carbonyl (C=O) groups excluding carboxylic acids is 1. The fourth-order valence-electron chi connectivity index (χ4n) is 1.57. The van der Waals surface area contributed by atoms with Gasteiger partial charge in [0.25, 0.3) is 0 Å². The maximum atomic E-state index is 13.8. The number of halogens is 5. The van der Waals surface area contributed by atoms with Crippen LogP contribution in [0.25, 0.3) is 0 Å². The van der Waals surface area contributed by atoms with Crippen LogP contribution in [-0.4, -0.2) is 5.78 Å². The van der Waals surface area contributed by atoms with Crippen molar-refractivity contribution in [3.8, 4) is 0 Å². The van der Waals surface area contributed by atoms with Crippen LogP contribution in [0.3, 0.4) is 0 Å². The van der Waals surface area contributed by atoms with Crippen LogP contribution < -0.4 is 0 Å². The summed E-state index contributed by atoms with van der Waals surface area (Å²) < 4.78 is 14.3. The van der Waals surface area contributed by atoms with Gasteiger partial charge in [-0.15, -0.1) is 0 Å². The molecule has 0 aliphatic rings. The smallest absolute Gasteiger partial charge is 0.198 e. The van der Waals surface area contributed by atoms with Gasteiger partial charge in [-0.3, -0.25) is 4.79 Å². The molecule has 98 valence electrons. The maximum absolute atomic E-state index is 13.8. The third-order valence-corrected chi connectivity index (χ3v) is 3.72. The molecule has 6 heteroatoms. The van der Waals surface area contributed by atoms with Crippen molar-refractivity contribution < 1.29 is 9.18 Å². The Morgan fingerprint density at radius 1 is 1.05 bits per heavy atom. The monoisotopic (exact) mass is 380 g/mol. The second-order valence-corrected chi connectivity index (χ2v) is 5.86. The zero-order valence-corrected chi connectivity index (χ0v) is 13.0. The molecule has 2 aromatic rings. The average molecular weight is 382 g/mol. The molecule has 0 radical (unpaired) electrons. The van der Waals surface area contributed by atoms with Gasteiger partial charge in [0.05, 0.1) is 21.2 Å². The molecule has 0 saturated carbocycles. The first-order valence-corrected chi connectivity index (χ1v) is 6.97. The molecule has 0 fully saturated rings. The van der Waals surface area contributed by atoms with Crippen LogP contribution in [0.15, 0.2) is 34.8 Å². The van der Waals surface area contributed by atoms with Gasteiger partial charge in [-0.05, 0) is 30.3 Å². The summed E-state index contributed by atoms with van der Waals surface area (Å²) in [6.07, 6.45) is 0. The minimum absolute atomic E-state index is 0.0361. The van der Waals surface area contributed by atoms with Gasteiger partial charge in [0, 0.05) is 9.50 Å². The molecule has 0 heterocycles. The first kappa shape index (κ1) is 14.8. The quantitative estimate of drug-likeness (QED) is 0.602. The molecule has 2 rings (SSSR count). The Balaban J connectivity index is 2.56. The zero-order valence-electron chi connectivity index (χ0n) is 9.18. The second-order valence-electron chi connectivity index (χ2n) is 3.70. The minimum Gasteiger partial charge on any atom is -0.288 e. The van der Waals surface area contributed by atoms with E-state index in [9.17, 15) is 9.18 Å². The molecular formula is C13H5BrCl3FO. The highest BCUT2D eigenvalue weighted by Gasteiger charge is 2.20. The van der Waals surface area contributed by atoms with Gasteiger partial charge in [-0.1, -0.05) is 50.7 Å². The highest BCUT2D eigenvalue weighted by molar-refractivity contribution is 9.10. The van der Waals surface area contributed by atoms with E-state index in [-0.39, 0.29) is 21.2 Å². The molecule has 0 saturated heterocycles. The number of benzene rings is 2. The largest absolute Gasteiger partial charge is 0.288 e. The molecule has 0 aliphatic carbocycles. The second kappa shape index (κ2) is 5.80. The maximum Gasteiger partial charge on any atom is 0.198 e. The van der Waals surface area contributed by atoms with Gasteiger partial charge < -0.3 is 0 Å². The Morgan fingerprint density at radius 3 is 2.16 bits per heavy atom. The molecule has 0 unspecified atom stereocenters.